The van der Waals surface area contributed by atoms with Crippen LogP contribution in [0.1, 0.15) is 27.7 Å². The van der Waals surface area contributed by atoms with E-state index in [0.29, 0.717) is 5.39 Å². The maximum atomic E-state index is 12.6. The minimum atomic E-state index is -2.86. The van der Waals surface area contributed by atoms with Gasteiger partial charge in [0.2, 0.25) is 0 Å². The molecule has 2 aromatic carbocycles. The molecule has 0 atom stereocenters. The fourth-order valence-electron chi connectivity index (χ4n) is 2.67. The van der Waals surface area contributed by atoms with Gasteiger partial charge in [-0.05, 0) is 44.6 Å². The largest absolute Gasteiger partial charge is 0.495 e. The Morgan fingerprint density at radius 3 is 2.04 bits per heavy atom. The Kier molecular flexibility index (Phi) is 3.85. The van der Waals surface area contributed by atoms with Crippen LogP contribution in [-0.4, -0.2) is 24.9 Å². The zero-order chi connectivity index (χ0) is 16.8. The topological polar surface area (TPSA) is 27.7 Å². The molecule has 0 radical (unpaired) electrons. The van der Waals surface area contributed by atoms with E-state index in [2.05, 4.69) is 4.74 Å². The van der Waals surface area contributed by atoms with Crippen LogP contribution in [0.3, 0.4) is 0 Å². The summed E-state index contributed by atoms with van der Waals surface area (Å²) in [6.07, 6.45) is 0. The average molecular weight is 320 g/mol. The van der Waals surface area contributed by atoms with E-state index in [1.807, 2.05) is 39.8 Å². The summed E-state index contributed by atoms with van der Waals surface area (Å²) < 4.78 is 41.9. The van der Waals surface area contributed by atoms with Crippen molar-refractivity contribution in [2.24, 2.45) is 0 Å². The smallest absolute Gasteiger partial charge is 0.434 e. The molecule has 0 aromatic heterocycles. The van der Waals surface area contributed by atoms with Crippen molar-refractivity contribution in [1.29, 1.82) is 0 Å². The number of hydrogen-bond acceptors (Lipinski definition) is 3. The molecule has 0 N–H and O–H groups in total. The van der Waals surface area contributed by atoms with E-state index in [9.17, 15) is 8.78 Å². The van der Waals surface area contributed by atoms with Crippen molar-refractivity contribution in [3.8, 4) is 5.75 Å². The molecular formula is C17H19BF2O3. The van der Waals surface area contributed by atoms with Crippen molar-refractivity contribution in [1.82, 2.24) is 0 Å². The van der Waals surface area contributed by atoms with E-state index in [4.69, 9.17) is 9.31 Å². The first-order valence-corrected chi connectivity index (χ1v) is 7.53. The zero-order valence-corrected chi connectivity index (χ0v) is 13.6. The SMILES string of the molecule is CC1(C)OB(c2ccc(OC(F)F)c3ccccc23)OC1(C)C. The van der Waals surface area contributed by atoms with Crippen LogP contribution in [-0.2, 0) is 9.31 Å². The molecule has 0 amide bonds. The minimum absolute atomic E-state index is 0.149. The number of ether oxygens (including phenoxy) is 1. The van der Waals surface area contributed by atoms with Crippen molar-refractivity contribution in [3.63, 3.8) is 0 Å². The molecule has 1 saturated heterocycles. The highest BCUT2D eigenvalue weighted by atomic mass is 19.3. The summed E-state index contributed by atoms with van der Waals surface area (Å²) in [5.41, 5.74) is -0.116. The molecule has 23 heavy (non-hydrogen) atoms. The predicted octanol–water partition coefficient (Wildman–Crippen LogP) is 3.74. The van der Waals surface area contributed by atoms with Gasteiger partial charge in [0.25, 0.3) is 0 Å². The quantitative estimate of drug-likeness (QED) is 0.807. The van der Waals surface area contributed by atoms with E-state index >= 15 is 0 Å². The molecule has 1 aliphatic heterocycles. The molecule has 0 saturated carbocycles. The Bertz CT molecular complexity index is 715. The van der Waals surface area contributed by atoms with Crippen LogP contribution < -0.4 is 10.2 Å². The van der Waals surface area contributed by atoms with Crippen LogP contribution in [0.5, 0.6) is 5.75 Å². The molecule has 0 aliphatic carbocycles. The number of halogens is 2. The van der Waals surface area contributed by atoms with Crippen molar-refractivity contribution >= 4 is 23.4 Å². The number of benzene rings is 2. The fraction of sp³-hybridized carbons (Fsp3) is 0.412. The maximum Gasteiger partial charge on any atom is 0.495 e. The molecule has 0 bridgehead atoms. The fourth-order valence-corrected chi connectivity index (χ4v) is 2.67. The lowest BCUT2D eigenvalue weighted by Gasteiger charge is -2.32. The third-order valence-corrected chi connectivity index (χ3v) is 4.64. The van der Waals surface area contributed by atoms with Gasteiger partial charge in [0.15, 0.2) is 0 Å². The van der Waals surface area contributed by atoms with Gasteiger partial charge in [-0.15, -0.1) is 0 Å². The number of alkyl halides is 2. The van der Waals surface area contributed by atoms with Gasteiger partial charge in [-0.25, -0.2) is 0 Å². The maximum absolute atomic E-state index is 12.6. The normalized spacial score (nSPS) is 19.5. The van der Waals surface area contributed by atoms with Gasteiger partial charge in [-0.3, -0.25) is 0 Å². The summed E-state index contributed by atoms with van der Waals surface area (Å²) >= 11 is 0. The Hall–Kier alpha value is -1.66. The second-order valence-electron chi connectivity index (χ2n) is 6.67. The number of fused-ring (bicyclic) bond motifs is 1. The number of rotatable bonds is 3. The third-order valence-electron chi connectivity index (χ3n) is 4.64. The van der Waals surface area contributed by atoms with Gasteiger partial charge >= 0.3 is 13.7 Å². The molecule has 3 rings (SSSR count). The summed E-state index contributed by atoms with van der Waals surface area (Å²) in [6.45, 7) is 5.04. The van der Waals surface area contributed by atoms with Gasteiger partial charge in [0.05, 0.1) is 11.2 Å². The minimum Gasteiger partial charge on any atom is -0.434 e. The Balaban J connectivity index is 2.07. The monoisotopic (exact) mass is 320 g/mol. The molecule has 0 spiro atoms. The molecule has 0 unspecified atom stereocenters. The average Bonchev–Trinajstić information content (AvgIpc) is 2.67. The third kappa shape index (κ3) is 2.81. The van der Waals surface area contributed by atoms with Crippen LogP contribution in [0.4, 0.5) is 8.78 Å². The van der Waals surface area contributed by atoms with E-state index in [0.717, 1.165) is 10.8 Å². The molecule has 122 valence electrons. The molecule has 6 heteroatoms. The summed E-state index contributed by atoms with van der Waals surface area (Å²) in [6, 6.07) is 10.5. The van der Waals surface area contributed by atoms with Crippen molar-refractivity contribution in [3.05, 3.63) is 36.4 Å². The second kappa shape index (κ2) is 5.46. The lowest BCUT2D eigenvalue weighted by molar-refractivity contribution is -0.0487. The molecule has 1 heterocycles. The first kappa shape index (κ1) is 16.2. The summed E-state index contributed by atoms with van der Waals surface area (Å²) in [5.74, 6) is 0.149. The van der Waals surface area contributed by atoms with Gasteiger partial charge in [0.1, 0.15) is 5.75 Å². The Labute approximate surface area is 134 Å². The van der Waals surface area contributed by atoms with Gasteiger partial charge < -0.3 is 14.0 Å². The van der Waals surface area contributed by atoms with Crippen molar-refractivity contribution in [2.45, 2.75) is 45.5 Å². The highest BCUT2D eigenvalue weighted by Crippen LogP contribution is 2.37. The first-order chi connectivity index (χ1) is 10.7. The summed E-state index contributed by atoms with van der Waals surface area (Å²) in [7, 11) is -0.550. The predicted molar refractivity (Wildman–Crippen MR) is 86.3 cm³/mol. The van der Waals surface area contributed by atoms with E-state index in [1.165, 1.54) is 6.07 Å². The van der Waals surface area contributed by atoms with Gasteiger partial charge in [-0.2, -0.15) is 8.78 Å². The Morgan fingerprint density at radius 1 is 0.913 bits per heavy atom. The molecular weight excluding hydrogens is 301 g/mol. The highest BCUT2D eigenvalue weighted by Gasteiger charge is 2.52. The molecule has 1 aliphatic rings. The van der Waals surface area contributed by atoms with Gasteiger partial charge in [0, 0.05) is 5.39 Å². The molecule has 1 fully saturated rings. The lowest BCUT2D eigenvalue weighted by atomic mass is 9.76. The molecule has 3 nitrogen and oxygen atoms in total. The lowest BCUT2D eigenvalue weighted by Crippen LogP contribution is -2.41. The van der Waals surface area contributed by atoms with E-state index in [-0.39, 0.29) is 5.75 Å². The summed E-state index contributed by atoms with van der Waals surface area (Å²) in [5, 5.41) is 1.39. The number of hydrogen-bond donors (Lipinski definition) is 0. The van der Waals surface area contributed by atoms with Crippen molar-refractivity contribution < 1.29 is 22.8 Å². The van der Waals surface area contributed by atoms with E-state index in [1.54, 1.807) is 18.2 Å². The summed E-state index contributed by atoms with van der Waals surface area (Å²) in [4.78, 5) is 0. The Morgan fingerprint density at radius 2 is 1.48 bits per heavy atom. The van der Waals surface area contributed by atoms with Crippen molar-refractivity contribution in [2.75, 3.05) is 0 Å². The van der Waals surface area contributed by atoms with Crippen LogP contribution in [0.25, 0.3) is 10.8 Å². The van der Waals surface area contributed by atoms with Gasteiger partial charge in [-0.1, -0.05) is 30.3 Å². The first-order valence-electron chi connectivity index (χ1n) is 7.53. The molecule has 2 aromatic rings. The van der Waals surface area contributed by atoms with Crippen LogP contribution in [0, 0.1) is 0 Å². The van der Waals surface area contributed by atoms with Crippen LogP contribution in [0.15, 0.2) is 36.4 Å². The van der Waals surface area contributed by atoms with Crippen LogP contribution >= 0.6 is 0 Å². The zero-order valence-electron chi connectivity index (χ0n) is 13.6. The standard InChI is InChI=1S/C17H19BF2O3/c1-16(2)17(3,4)23-18(22-16)13-9-10-14(21-15(19)20)12-8-6-5-7-11(12)13/h5-10,15H,1-4H3. The second-order valence-corrected chi connectivity index (χ2v) is 6.67. The van der Waals surface area contributed by atoms with E-state index < -0.39 is 24.9 Å². The van der Waals surface area contributed by atoms with Crippen LogP contribution in [0.2, 0.25) is 0 Å². The highest BCUT2D eigenvalue weighted by molar-refractivity contribution is 6.65.